The van der Waals surface area contributed by atoms with E-state index >= 15 is 0 Å². The van der Waals surface area contributed by atoms with Crippen molar-refractivity contribution in [1.82, 2.24) is 14.5 Å². The fraction of sp³-hybridized carbons (Fsp3) is 0.550. The summed E-state index contributed by atoms with van der Waals surface area (Å²) in [6.07, 6.45) is 6.39. The first-order valence-corrected chi connectivity index (χ1v) is 9.39. The van der Waals surface area contributed by atoms with Gasteiger partial charge in [-0.15, -0.1) is 12.4 Å². The molecule has 6 heteroatoms. The van der Waals surface area contributed by atoms with Gasteiger partial charge in [0, 0.05) is 50.5 Å². The third-order valence-electron chi connectivity index (χ3n) is 5.49. The summed E-state index contributed by atoms with van der Waals surface area (Å²) in [6.45, 7) is 8.23. The number of benzene rings is 1. The highest BCUT2D eigenvalue weighted by Crippen LogP contribution is 2.31. The summed E-state index contributed by atoms with van der Waals surface area (Å²) in [4.78, 5) is 9.30. The molecular weight excluding hydrogens is 348 g/mol. The highest BCUT2D eigenvalue weighted by molar-refractivity contribution is 5.85. The maximum Gasteiger partial charge on any atom is 0.0953 e. The number of nitrogens with zero attached hydrogens (tertiary/aromatic N) is 4. The molecule has 2 aromatic rings. The lowest BCUT2D eigenvalue weighted by molar-refractivity contribution is 0.0326. The van der Waals surface area contributed by atoms with Crippen LogP contribution in [0.1, 0.15) is 24.9 Å². The SMILES string of the molecule is CC(CN1CCOCC1)n1cncc1-c1ccc2c(c1)CCCN2C.Cl. The summed E-state index contributed by atoms with van der Waals surface area (Å²) in [5.41, 5.74) is 5.33. The van der Waals surface area contributed by atoms with Gasteiger partial charge in [0.25, 0.3) is 0 Å². The molecule has 2 aliphatic rings. The van der Waals surface area contributed by atoms with Crippen LogP contribution < -0.4 is 4.90 Å². The van der Waals surface area contributed by atoms with Crippen LogP contribution in [0.25, 0.3) is 11.3 Å². The molecule has 0 spiro atoms. The Bertz CT molecular complexity index is 726. The van der Waals surface area contributed by atoms with E-state index in [4.69, 9.17) is 4.74 Å². The summed E-state index contributed by atoms with van der Waals surface area (Å²) in [5.74, 6) is 0. The maximum atomic E-state index is 5.46. The van der Waals surface area contributed by atoms with E-state index in [0.29, 0.717) is 6.04 Å². The van der Waals surface area contributed by atoms with Crippen LogP contribution in [-0.2, 0) is 11.2 Å². The van der Waals surface area contributed by atoms with E-state index in [2.05, 4.69) is 51.5 Å². The minimum Gasteiger partial charge on any atom is -0.379 e. The Balaban J connectivity index is 0.00000196. The molecule has 1 unspecified atom stereocenters. The predicted octanol–water partition coefficient (Wildman–Crippen LogP) is 3.25. The number of ether oxygens (including phenoxy) is 1. The molecule has 0 bridgehead atoms. The average Bonchev–Trinajstić information content (AvgIpc) is 3.12. The molecule has 26 heavy (non-hydrogen) atoms. The number of morpholine rings is 1. The van der Waals surface area contributed by atoms with Gasteiger partial charge in [-0.05, 0) is 37.5 Å². The van der Waals surface area contributed by atoms with Crippen molar-refractivity contribution in [3.63, 3.8) is 0 Å². The van der Waals surface area contributed by atoms with E-state index in [1.807, 2.05) is 12.5 Å². The smallest absolute Gasteiger partial charge is 0.0953 e. The molecule has 1 aromatic carbocycles. The van der Waals surface area contributed by atoms with Gasteiger partial charge in [-0.3, -0.25) is 4.90 Å². The Labute approximate surface area is 162 Å². The van der Waals surface area contributed by atoms with Crippen molar-refractivity contribution in [2.75, 3.05) is 51.3 Å². The molecule has 5 nitrogen and oxygen atoms in total. The van der Waals surface area contributed by atoms with Crippen molar-refractivity contribution in [2.24, 2.45) is 0 Å². The van der Waals surface area contributed by atoms with Gasteiger partial charge in [-0.1, -0.05) is 6.07 Å². The maximum absolute atomic E-state index is 5.46. The lowest BCUT2D eigenvalue weighted by Crippen LogP contribution is -2.39. The standard InChI is InChI=1S/C20H28N4O.ClH/c1-16(14-23-8-10-25-11-9-23)24-15-21-13-20(24)18-5-6-19-17(12-18)4-3-7-22(19)2;/h5-6,12-13,15-16H,3-4,7-11,14H2,1-2H3;1H. The monoisotopic (exact) mass is 376 g/mol. The molecule has 0 saturated carbocycles. The predicted molar refractivity (Wildman–Crippen MR) is 108 cm³/mol. The zero-order chi connectivity index (χ0) is 17.2. The van der Waals surface area contributed by atoms with Gasteiger partial charge in [0.05, 0.1) is 31.4 Å². The Hall–Kier alpha value is -1.56. The molecule has 0 amide bonds. The Kier molecular flexibility index (Phi) is 6.22. The number of aryl methyl sites for hydroxylation is 1. The van der Waals surface area contributed by atoms with Gasteiger partial charge in [-0.25, -0.2) is 4.98 Å². The number of fused-ring (bicyclic) bond motifs is 1. The Morgan fingerprint density at radius 1 is 1.19 bits per heavy atom. The normalized spacial score (nSPS) is 18.9. The van der Waals surface area contributed by atoms with Crippen molar-refractivity contribution in [2.45, 2.75) is 25.8 Å². The minimum absolute atomic E-state index is 0. The van der Waals surface area contributed by atoms with Crippen molar-refractivity contribution in [3.8, 4) is 11.3 Å². The first kappa shape index (κ1) is 19.2. The second kappa shape index (κ2) is 8.42. The zero-order valence-corrected chi connectivity index (χ0v) is 16.5. The number of aromatic nitrogens is 2. The van der Waals surface area contributed by atoms with Gasteiger partial charge in [0.15, 0.2) is 0 Å². The molecule has 1 aromatic heterocycles. The molecule has 4 rings (SSSR count). The molecule has 1 saturated heterocycles. The number of imidazole rings is 1. The van der Waals surface area contributed by atoms with Crippen LogP contribution in [0.5, 0.6) is 0 Å². The molecular formula is C20H29ClN4O. The lowest BCUT2D eigenvalue weighted by atomic mass is 9.98. The lowest BCUT2D eigenvalue weighted by Gasteiger charge is -2.30. The Morgan fingerprint density at radius 2 is 2.00 bits per heavy atom. The number of rotatable bonds is 4. The van der Waals surface area contributed by atoms with Crippen LogP contribution in [0.2, 0.25) is 0 Å². The van der Waals surface area contributed by atoms with Gasteiger partial charge in [-0.2, -0.15) is 0 Å². The summed E-state index contributed by atoms with van der Waals surface area (Å²) < 4.78 is 7.78. The molecule has 3 heterocycles. The zero-order valence-electron chi connectivity index (χ0n) is 15.7. The summed E-state index contributed by atoms with van der Waals surface area (Å²) >= 11 is 0. The Morgan fingerprint density at radius 3 is 2.81 bits per heavy atom. The summed E-state index contributed by atoms with van der Waals surface area (Å²) in [5, 5.41) is 0. The number of hydrogen-bond acceptors (Lipinski definition) is 4. The number of anilines is 1. The van der Waals surface area contributed by atoms with Crippen molar-refractivity contribution in [1.29, 1.82) is 0 Å². The second-order valence-electron chi connectivity index (χ2n) is 7.32. The van der Waals surface area contributed by atoms with Crippen LogP contribution in [-0.4, -0.2) is 60.9 Å². The van der Waals surface area contributed by atoms with Crippen molar-refractivity contribution < 1.29 is 4.74 Å². The fourth-order valence-electron chi connectivity index (χ4n) is 4.07. The van der Waals surface area contributed by atoms with E-state index in [9.17, 15) is 0 Å². The molecule has 0 radical (unpaired) electrons. The highest BCUT2D eigenvalue weighted by atomic mass is 35.5. The van der Waals surface area contributed by atoms with E-state index < -0.39 is 0 Å². The number of hydrogen-bond donors (Lipinski definition) is 0. The minimum atomic E-state index is 0. The molecule has 2 aliphatic heterocycles. The molecule has 0 N–H and O–H groups in total. The summed E-state index contributed by atoms with van der Waals surface area (Å²) in [6, 6.07) is 7.28. The first-order chi connectivity index (χ1) is 12.2. The van der Waals surface area contributed by atoms with Crippen molar-refractivity contribution in [3.05, 3.63) is 36.3 Å². The third-order valence-corrected chi connectivity index (χ3v) is 5.49. The van der Waals surface area contributed by atoms with Crippen LogP contribution in [0.15, 0.2) is 30.7 Å². The first-order valence-electron chi connectivity index (χ1n) is 9.39. The molecule has 0 aliphatic carbocycles. The van der Waals surface area contributed by atoms with E-state index in [1.54, 1.807) is 0 Å². The van der Waals surface area contributed by atoms with Gasteiger partial charge in [0.2, 0.25) is 0 Å². The van der Waals surface area contributed by atoms with Gasteiger partial charge >= 0.3 is 0 Å². The van der Waals surface area contributed by atoms with E-state index in [0.717, 1.165) is 39.4 Å². The average molecular weight is 377 g/mol. The van der Waals surface area contributed by atoms with Crippen LogP contribution >= 0.6 is 12.4 Å². The van der Waals surface area contributed by atoms with Crippen LogP contribution in [0.3, 0.4) is 0 Å². The molecule has 142 valence electrons. The summed E-state index contributed by atoms with van der Waals surface area (Å²) in [7, 11) is 2.19. The highest BCUT2D eigenvalue weighted by Gasteiger charge is 2.19. The second-order valence-corrected chi connectivity index (χ2v) is 7.32. The van der Waals surface area contributed by atoms with Crippen LogP contribution in [0.4, 0.5) is 5.69 Å². The van der Waals surface area contributed by atoms with E-state index in [-0.39, 0.29) is 12.4 Å². The van der Waals surface area contributed by atoms with Gasteiger partial charge < -0.3 is 14.2 Å². The quantitative estimate of drug-likeness (QED) is 0.820. The molecule has 1 atom stereocenters. The van der Waals surface area contributed by atoms with Crippen molar-refractivity contribution >= 4 is 18.1 Å². The van der Waals surface area contributed by atoms with Crippen LogP contribution in [0, 0.1) is 0 Å². The van der Waals surface area contributed by atoms with Gasteiger partial charge in [0.1, 0.15) is 0 Å². The van der Waals surface area contributed by atoms with E-state index in [1.165, 1.54) is 35.3 Å². The largest absolute Gasteiger partial charge is 0.379 e. The third kappa shape index (κ3) is 3.90. The fourth-order valence-corrected chi connectivity index (χ4v) is 4.07. The molecule has 1 fully saturated rings. The topological polar surface area (TPSA) is 33.5 Å². The number of halogens is 1.